The maximum absolute atomic E-state index is 13.3. The van der Waals surface area contributed by atoms with Crippen molar-refractivity contribution >= 4 is 29.1 Å². The molecule has 1 amide bonds. The van der Waals surface area contributed by atoms with Crippen molar-refractivity contribution in [1.82, 2.24) is 15.1 Å². The summed E-state index contributed by atoms with van der Waals surface area (Å²) in [6.45, 7) is 4.65. The van der Waals surface area contributed by atoms with Crippen LogP contribution in [-0.4, -0.2) is 49.0 Å². The molecule has 208 valence electrons. The van der Waals surface area contributed by atoms with Crippen molar-refractivity contribution in [3.05, 3.63) is 93.0 Å². The van der Waals surface area contributed by atoms with Gasteiger partial charge in [0.15, 0.2) is 0 Å². The zero-order chi connectivity index (χ0) is 27.2. The summed E-state index contributed by atoms with van der Waals surface area (Å²) in [6, 6.07) is 7.61. The van der Waals surface area contributed by atoms with Crippen LogP contribution in [0.5, 0.6) is 0 Å². The highest BCUT2D eigenvalue weighted by molar-refractivity contribution is 6.30. The summed E-state index contributed by atoms with van der Waals surface area (Å²) in [7, 11) is 1.71. The Morgan fingerprint density at radius 2 is 2.08 bits per heavy atom. The number of amides is 1. The third-order valence-corrected chi connectivity index (χ3v) is 8.88. The number of allylic oxidation sites excluding steroid dienone is 7. The largest absolute Gasteiger partial charge is 0.495 e. The zero-order valence-corrected chi connectivity index (χ0v) is 24.3. The molecule has 0 bridgehead atoms. The van der Waals surface area contributed by atoms with Crippen molar-refractivity contribution in [1.29, 1.82) is 0 Å². The van der Waals surface area contributed by atoms with Gasteiger partial charge in [0, 0.05) is 47.4 Å². The molecule has 2 atom stereocenters. The fraction of sp³-hybridized carbons (Fsp3) is 0.469. The normalized spacial score (nSPS) is 23.3. The number of likely N-dealkylation sites (tertiary alicyclic amines) is 1. The van der Waals surface area contributed by atoms with E-state index in [4.69, 9.17) is 27.9 Å². The van der Waals surface area contributed by atoms with Gasteiger partial charge in [0.25, 0.3) is 0 Å². The molecule has 7 heteroatoms. The first kappa shape index (κ1) is 28.1. The van der Waals surface area contributed by atoms with Crippen molar-refractivity contribution in [3.63, 3.8) is 0 Å². The molecule has 1 aromatic carbocycles. The molecule has 0 saturated carbocycles. The van der Waals surface area contributed by atoms with E-state index in [-0.39, 0.29) is 11.8 Å². The molecule has 1 N–H and O–H groups in total. The Balaban J connectivity index is 1.19. The summed E-state index contributed by atoms with van der Waals surface area (Å²) in [4.78, 5) is 18.1. The molecule has 4 aliphatic rings. The number of hydrogen-bond donors (Lipinski definition) is 1. The molecule has 2 aliphatic heterocycles. The lowest BCUT2D eigenvalue weighted by molar-refractivity contribution is -0.118. The average Bonchev–Trinajstić information content (AvgIpc) is 3.32. The van der Waals surface area contributed by atoms with E-state index >= 15 is 0 Å². The quantitative estimate of drug-likeness (QED) is 0.333. The Labute approximate surface area is 242 Å². The Morgan fingerprint density at radius 1 is 1.18 bits per heavy atom. The number of ether oxygens (including phenoxy) is 1. The van der Waals surface area contributed by atoms with Gasteiger partial charge in [0.2, 0.25) is 5.91 Å². The van der Waals surface area contributed by atoms with Crippen LogP contribution in [0.25, 0.3) is 0 Å². The number of rotatable bonds is 10. The molecule has 2 aliphatic carbocycles. The monoisotopic (exact) mass is 567 g/mol. The summed E-state index contributed by atoms with van der Waals surface area (Å²) in [5.74, 6) is 1.51. The Kier molecular flexibility index (Phi) is 9.54. The predicted molar refractivity (Wildman–Crippen MR) is 159 cm³/mol. The van der Waals surface area contributed by atoms with Gasteiger partial charge >= 0.3 is 0 Å². The minimum Gasteiger partial charge on any atom is -0.495 e. The SMILES string of the molecule is COC1=C2C(CC=C1)C(C(=O)NCc1cccc(Cl)c1)=CN2CCCN1CCCC(CC2=C(Cl)CCC=C2)C1. The van der Waals surface area contributed by atoms with Crippen LogP contribution in [0.4, 0.5) is 0 Å². The molecule has 39 heavy (non-hydrogen) atoms. The van der Waals surface area contributed by atoms with Gasteiger partial charge < -0.3 is 19.9 Å². The van der Waals surface area contributed by atoms with E-state index in [1.807, 2.05) is 36.5 Å². The fourth-order valence-electron chi connectivity index (χ4n) is 6.29. The third kappa shape index (κ3) is 7.00. The van der Waals surface area contributed by atoms with E-state index in [1.54, 1.807) is 7.11 Å². The Hall–Kier alpha value is -2.47. The highest BCUT2D eigenvalue weighted by atomic mass is 35.5. The number of benzene rings is 1. The van der Waals surface area contributed by atoms with Crippen molar-refractivity contribution in [2.75, 3.05) is 33.3 Å². The topological polar surface area (TPSA) is 44.8 Å². The number of nitrogens with zero attached hydrogens (tertiary/aromatic N) is 2. The number of nitrogens with one attached hydrogen (secondary N) is 1. The molecule has 2 heterocycles. The van der Waals surface area contributed by atoms with E-state index in [1.165, 1.54) is 18.4 Å². The Morgan fingerprint density at radius 3 is 2.90 bits per heavy atom. The van der Waals surface area contributed by atoms with Crippen LogP contribution in [0.3, 0.4) is 0 Å². The summed E-state index contributed by atoms with van der Waals surface area (Å²) < 4.78 is 5.74. The first-order valence-corrected chi connectivity index (χ1v) is 15.0. The summed E-state index contributed by atoms with van der Waals surface area (Å²) in [5.41, 5.74) is 4.24. The van der Waals surface area contributed by atoms with Crippen molar-refractivity contribution in [2.24, 2.45) is 11.8 Å². The van der Waals surface area contributed by atoms with Gasteiger partial charge in [-0.25, -0.2) is 0 Å². The summed E-state index contributed by atoms with van der Waals surface area (Å²) in [6.07, 6.45) is 18.2. The standard InChI is InChI=1S/C32H39Cl2N3O2/c1-39-30-14-5-12-27-28(32(38)35-20-23-8-4-11-26(33)19-23)22-37(31(27)30)17-7-16-36-15-6-9-24(21-36)18-25-10-2-3-13-29(25)34/h2,4-5,8,10-11,14,19,22,24,27H,3,6-7,9,12-13,15-18,20-21H2,1H3,(H,35,38). The molecule has 2 unspecified atom stereocenters. The van der Waals surface area contributed by atoms with E-state index in [9.17, 15) is 4.79 Å². The first-order valence-electron chi connectivity index (χ1n) is 14.2. The molecule has 1 fully saturated rings. The number of carbonyl (C=O) groups is 1. The molecule has 0 aromatic heterocycles. The van der Waals surface area contributed by atoms with Crippen molar-refractivity contribution in [3.8, 4) is 0 Å². The van der Waals surface area contributed by atoms with E-state index in [2.05, 4.69) is 33.3 Å². The summed E-state index contributed by atoms with van der Waals surface area (Å²) >= 11 is 12.6. The Bertz CT molecular complexity index is 1220. The minimum absolute atomic E-state index is 0.0187. The van der Waals surface area contributed by atoms with Crippen LogP contribution in [0.1, 0.15) is 50.5 Å². The lowest BCUT2D eigenvalue weighted by atomic mass is 9.89. The van der Waals surface area contributed by atoms with Gasteiger partial charge in [-0.05, 0) is 93.3 Å². The average molecular weight is 569 g/mol. The van der Waals surface area contributed by atoms with Crippen molar-refractivity contribution < 1.29 is 9.53 Å². The maximum Gasteiger partial charge on any atom is 0.249 e. The lowest BCUT2D eigenvalue weighted by Crippen LogP contribution is -2.37. The molecule has 1 aromatic rings. The second-order valence-electron chi connectivity index (χ2n) is 11.0. The molecule has 5 rings (SSSR count). The van der Waals surface area contributed by atoms with Crippen molar-refractivity contribution in [2.45, 2.75) is 51.5 Å². The van der Waals surface area contributed by atoms with Crippen LogP contribution >= 0.6 is 23.2 Å². The number of methoxy groups -OCH3 is 1. The molecule has 1 saturated heterocycles. The van der Waals surface area contributed by atoms with E-state index < -0.39 is 0 Å². The van der Waals surface area contributed by atoms with Gasteiger partial charge in [-0.2, -0.15) is 0 Å². The molecule has 5 nitrogen and oxygen atoms in total. The van der Waals surface area contributed by atoms with E-state index in [0.29, 0.717) is 17.5 Å². The molecular formula is C32H39Cl2N3O2. The lowest BCUT2D eigenvalue weighted by Gasteiger charge is -2.34. The second-order valence-corrected chi connectivity index (χ2v) is 11.9. The van der Waals surface area contributed by atoms with Crippen LogP contribution < -0.4 is 5.32 Å². The zero-order valence-electron chi connectivity index (χ0n) is 22.8. The van der Waals surface area contributed by atoms with Gasteiger partial charge in [0.05, 0.1) is 12.8 Å². The van der Waals surface area contributed by atoms with Crippen LogP contribution in [-0.2, 0) is 16.1 Å². The van der Waals surface area contributed by atoms with Gasteiger partial charge in [-0.1, -0.05) is 53.6 Å². The van der Waals surface area contributed by atoms with Gasteiger partial charge in [-0.15, -0.1) is 0 Å². The third-order valence-electron chi connectivity index (χ3n) is 8.21. The smallest absolute Gasteiger partial charge is 0.249 e. The highest BCUT2D eigenvalue weighted by Gasteiger charge is 2.37. The maximum atomic E-state index is 13.3. The van der Waals surface area contributed by atoms with Gasteiger partial charge in [-0.3, -0.25) is 4.79 Å². The molecular weight excluding hydrogens is 529 g/mol. The van der Waals surface area contributed by atoms with Crippen LogP contribution in [0.2, 0.25) is 5.02 Å². The van der Waals surface area contributed by atoms with Crippen LogP contribution in [0.15, 0.2) is 82.4 Å². The highest BCUT2D eigenvalue weighted by Crippen LogP contribution is 2.40. The number of fused-ring (bicyclic) bond motifs is 1. The molecule has 0 spiro atoms. The molecule has 0 radical (unpaired) electrons. The number of carbonyl (C=O) groups excluding carboxylic acids is 1. The van der Waals surface area contributed by atoms with Crippen LogP contribution in [0, 0.1) is 11.8 Å². The number of piperidine rings is 1. The predicted octanol–water partition coefficient (Wildman–Crippen LogP) is 6.92. The fourth-order valence-corrected chi connectivity index (χ4v) is 6.75. The second kappa shape index (κ2) is 13.3. The minimum atomic E-state index is -0.0330. The first-order chi connectivity index (χ1) is 19.0. The van der Waals surface area contributed by atoms with E-state index in [0.717, 1.165) is 85.9 Å². The van der Waals surface area contributed by atoms with Gasteiger partial charge in [0.1, 0.15) is 5.76 Å². The summed E-state index contributed by atoms with van der Waals surface area (Å²) in [5, 5.41) is 4.83. The number of halogens is 2. The number of hydrogen-bond acceptors (Lipinski definition) is 4.